The number of amides is 2. The number of nitrogens with one attached hydrogen (secondary N) is 2. The number of rotatable bonds is 5. The number of hydrogen-bond acceptors (Lipinski definition) is 4. The molecule has 0 spiro atoms. The number of hydrogen-bond donors (Lipinski definition) is 2. The highest BCUT2D eigenvalue weighted by Gasteiger charge is 2.10. The number of methoxy groups -OCH3 is 1. The van der Waals surface area contributed by atoms with Crippen molar-refractivity contribution in [2.24, 2.45) is 0 Å². The van der Waals surface area contributed by atoms with Crippen LogP contribution in [0.1, 0.15) is 12.5 Å². The van der Waals surface area contributed by atoms with Gasteiger partial charge in [0.05, 0.1) is 12.8 Å². The van der Waals surface area contributed by atoms with Crippen molar-refractivity contribution in [2.45, 2.75) is 13.5 Å². The third-order valence-electron chi connectivity index (χ3n) is 2.97. The molecule has 2 amide bonds. The second kappa shape index (κ2) is 7.84. The normalized spacial score (nSPS) is 9.83. The second-order valence-electron chi connectivity index (χ2n) is 4.78. The van der Waals surface area contributed by atoms with E-state index in [2.05, 4.69) is 10.6 Å². The standard InChI is InChI=1S/C17H18N2O4/c1-12(20)18-14-8-9-16(22-2)15(10-14)19-17(21)23-11-13-6-4-3-5-7-13/h3-10H,11H2,1-2H3,(H,18,20)(H,19,21). The molecule has 0 saturated carbocycles. The van der Waals surface area contributed by atoms with Crippen LogP contribution in [0.25, 0.3) is 0 Å². The van der Waals surface area contributed by atoms with Crippen LogP contribution in [-0.4, -0.2) is 19.1 Å². The van der Waals surface area contributed by atoms with Gasteiger partial charge in [0.25, 0.3) is 0 Å². The molecule has 6 heteroatoms. The van der Waals surface area contributed by atoms with E-state index in [-0.39, 0.29) is 12.5 Å². The molecule has 0 bridgehead atoms. The first-order valence-electron chi connectivity index (χ1n) is 7.02. The van der Waals surface area contributed by atoms with Crippen LogP contribution in [0.3, 0.4) is 0 Å². The monoisotopic (exact) mass is 314 g/mol. The fourth-order valence-corrected chi connectivity index (χ4v) is 1.96. The van der Waals surface area contributed by atoms with E-state index in [1.807, 2.05) is 30.3 Å². The van der Waals surface area contributed by atoms with Gasteiger partial charge < -0.3 is 14.8 Å². The second-order valence-corrected chi connectivity index (χ2v) is 4.78. The number of ether oxygens (including phenoxy) is 2. The van der Waals surface area contributed by atoms with Crippen molar-refractivity contribution in [3.63, 3.8) is 0 Å². The Hall–Kier alpha value is -3.02. The van der Waals surface area contributed by atoms with E-state index in [9.17, 15) is 9.59 Å². The topological polar surface area (TPSA) is 76.7 Å². The van der Waals surface area contributed by atoms with E-state index in [1.165, 1.54) is 14.0 Å². The third kappa shape index (κ3) is 5.03. The SMILES string of the molecule is COc1ccc(NC(C)=O)cc1NC(=O)OCc1ccccc1. The highest BCUT2D eigenvalue weighted by atomic mass is 16.5. The largest absolute Gasteiger partial charge is 0.495 e. The summed E-state index contributed by atoms with van der Waals surface area (Å²) in [7, 11) is 1.49. The zero-order valence-electron chi connectivity index (χ0n) is 13.0. The molecule has 2 aromatic carbocycles. The highest BCUT2D eigenvalue weighted by Crippen LogP contribution is 2.28. The zero-order chi connectivity index (χ0) is 16.7. The van der Waals surface area contributed by atoms with Crippen LogP contribution < -0.4 is 15.4 Å². The maximum atomic E-state index is 11.9. The van der Waals surface area contributed by atoms with Crippen molar-refractivity contribution < 1.29 is 19.1 Å². The molecule has 0 saturated heterocycles. The summed E-state index contributed by atoms with van der Waals surface area (Å²) in [6, 6.07) is 14.3. The van der Waals surface area contributed by atoms with E-state index in [4.69, 9.17) is 9.47 Å². The zero-order valence-corrected chi connectivity index (χ0v) is 13.0. The van der Waals surface area contributed by atoms with E-state index in [0.29, 0.717) is 17.1 Å². The maximum absolute atomic E-state index is 11.9. The quantitative estimate of drug-likeness (QED) is 0.886. The van der Waals surface area contributed by atoms with Gasteiger partial charge in [0.2, 0.25) is 5.91 Å². The molecular formula is C17H18N2O4. The predicted octanol–water partition coefficient (Wildman–Crippen LogP) is 3.40. The molecule has 0 aromatic heterocycles. The highest BCUT2D eigenvalue weighted by molar-refractivity contribution is 5.92. The van der Waals surface area contributed by atoms with Crippen LogP contribution in [0.2, 0.25) is 0 Å². The molecule has 0 aliphatic rings. The first-order valence-corrected chi connectivity index (χ1v) is 7.02. The molecule has 120 valence electrons. The van der Waals surface area contributed by atoms with Gasteiger partial charge in [0, 0.05) is 12.6 Å². The van der Waals surface area contributed by atoms with Crippen LogP contribution in [0.5, 0.6) is 5.75 Å². The Bertz CT molecular complexity index is 686. The lowest BCUT2D eigenvalue weighted by molar-refractivity contribution is -0.114. The summed E-state index contributed by atoms with van der Waals surface area (Å²) in [6.45, 7) is 1.58. The molecule has 0 aliphatic heterocycles. The number of anilines is 2. The van der Waals surface area contributed by atoms with Gasteiger partial charge in [-0.25, -0.2) is 4.79 Å². The fraction of sp³-hybridized carbons (Fsp3) is 0.176. The lowest BCUT2D eigenvalue weighted by Crippen LogP contribution is -2.14. The number of carbonyl (C=O) groups is 2. The summed E-state index contributed by atoms with van der Waals surface area (Å²) in [4.78, 5) is 23.0. The van der Waals surface area contributed by atoms with Crippen LogP contribution in [0.4, 0.5) is 16.2 Å². The van der Waals surface area contributed by atoms with Gasteiger partial charge in [0.15, 0.2) is 0 Å². The van der Waals surface area contributed by atoms with Crippen LogP contribution in [0.15, 0.2) is 48.5 Å². The van der Waals surface area contributed by atoms with Crippen molar-refractivity contribution in [1.82, 2.24) is 0 Å². The predicted molar refractivity (Wildman–Crippen MR) is 87.5 cm³/mol. The Labute approximate surface area is 134 Å². The van der Waals surface area contributed by atoms with Crippen molar-refractivity contribution in [1.29, 1.82) is 0 Å². The molecule has 6 nitrogen and oxygen atoms in total. The van der Waals surface area contributed by atoms with Crippen molar-refractivity contribution in [3.05, 3.63) is 54.1 Å². The molecule has 23 heavy (non-hydrogen) atoms. The molecular weight excluding hydrogens is 296 g/mol. The summed E-state index contributed by atoms with van der Waals surface area (Å²) in [5.41, 5.74) is 1.86. The summed E-state index contributed by atoms with van der Waals surface area (Å²) in [5.74, 6) is 0.267. The van der Waals surface area contributed by atoms with E-state index in [0.717, 1.165) is 5.56 Å². The van der Waals surface area contributed by atoms with Gasteiger partial charge in [-0.15, -0.1) is 0 Å². The van der Waals surface area contributed by atoms with Gasteiger partial charge in [-0.3, -0.25) is 10.1 Å². The van der Waals surface area contributed by atoms with E-state index in [1.54, 1.807) is 18.2 Å². The van der Waals surface area contributed by atoms with Crippen molar-refractivity contribution in [2.75, 3.05) is 17.7 Å². The summed E-state index contributed by atoms with van der Waals surface area (Å²) in [5, 5.41) is 5.25. The Morgan fingerprint density at radius 3 is 2.43 bits per heavy atom. The average Bonchev–Trinajstić information content (AvgIpc) is 2.54. The minimum Gasteiger partial charge on any atom is -0.495 e. The van der Waals surface area contributed by atoms with Crippen LogP contribution in [-0.2, 0) is 16.1 Å². The van der Waals surface area contributed by atoms with Gasteiger partial charge >= 0.3 is 6.09 Å². The van der Waals surface area contributed by atoms with Gasteiger partial charge in [-0.2, -0.15) is 0 Å². The molecule has 2 aromatic rings. The smallest absolute Gasteiger partial charge is 0.412 e. The fourth-order valence-electron chi connectivity index (χ4n) is 1.96. The van der Waals surface area contributed by atoms with Gasteiger partial charge in [-0.05, 0) is 23.8 Å². The van der Waals surface area contributed by atoms with Crippen molar-refractivity contribution >= 4 is 23.4 Å². The summed E-state index contributed by atoms with van der Waals surface area (Å²) >= 11 is 0. The minimum absolute atomic E-state index is 0.167. The Balaban J connectivity index is 2.02. The molecule has 0 atom stereocenters. The molecule has 2 rings (SSSR count). The summed E-state index contributed by atoms with van der Waals surface area (Å²) in [6.07, 6.45) is -0.605. The summed E-state index contributed by atoms with van der Waals surface area (Å²) < 4.78 is 10.3. The molecule has 0 heterocycles. The third-order valence-corrected chi connectivity index (χ3v) is 2.97. The maximum Gasteiger partial charge on any atom is 0.412 e. The average molecular weight is 314 g/mol. The molecule has 0 radical (unpaired) electrons. The molecule has 0 unspecified atom stereocenters. The Morgan fingerprint density at radius 2 is 1.78 bits per heavy atom. The lowest BCUT2D eigenvalue weighted by atomic mass is 10.2. The van der Waals surface area contributed by atoms with Crippen LogP contribution >= 0.6 is 0 Å². The Morgan fingerprint density at radius 1 is 1.04 bits per heavy atom. The van der Waals surface area contributed by atoms with E-state index >= 15 is 0 Å². The van der Waals surface area contributed by atoms with Crippen molar-refractivity contribution in [3.8, 4) is 5.75 Å². The lowest BCUT2D eigenvalue weighted by Gasteiger charge is -2.12. The first-order chi connectivity index (χ1) is 11.1. The molecule has 0 fully saturated rings. The number of benzene rings is 2. The Kier molecular flexibility index (Phi) is 5.57. The van der Waals surface area contributed by atoms with E-state index < -0.39 is 6.09 Å². The van der Waals surface area contributed by atoms with Gasteiger partial charge in [0.1, 0.15) is 12.4 Å². The molecule has 0 aliphatic carbocycles. The number of carbonyl (C=O) groups excluding carboxylic acids is 2. The van der Waals surface area contributed by atoms with Gasteiger partial charge in [-0.1, -0.05) is 30.3 Å². The van der Waals surface area contributed by atoms with Crippen LogP contribution in [0, 0.1) is 0 Å². The molecule has 2 N–H and O–H groups in total. The minimum atomic E-state index is -0.605. The first kappa shape index (κ1) is 16.4.